The molecule has 0 saturated carbocycles. The summed E-state index contributed by atoms with van der Waals surface area (Å²) in [7, 11) is 0. The van der Waals surface area contributed by atoms with Crippen LogP contribution in [0.2, 0.25) is 0 Å². The number of hydrogen-bond acceptors (Lipinski definition) is 0. The molecule has 0 saturated heterocycles. The Labute approximate surface area is 166 Å². The summed E-state index contributed by atoms with van der Waals surface area (Å²) < 4.78 is 0. The first-order valence-electron chi connectivity index (χ1n) is 7.64. The van der Waals surface area contributed by atoms with Gasteiger partial charge >= 0.3 is 34.1 Å². The quantitative estimate of drug-likeness (QED) is 0.284. The van der Waals surface area contributed by atoms with Crippen molar-refractivity contribution in [2.75, 3.05) is 0 Å². The average molecular weight is 398 g/mol. The minimum Gasteiger partial charge on any atom is -0.214 e. The monoisotopic (exact) mass is 398 g/mol. The first-order valence-corrected chi connectivity index (χ1v) is 7.64. The van der Waals surface area contributed by atoms with Crippen LogP contribution in [0.5, 0.6) is 0 Å². The van der Waals surface area contributed by atoms with E-state index in [4.69, 9.17) is 0 Å². The third-order valence-corrected chi connectivity index (χ3v) is 3.49. The Hall–Kier alpha value is -1.56. The fraction of sp³-hybridized carbons (Fsp3) is 0.0909. The summed E-state index contributed by atoms with van der Waals surface area (Å²) in [5.41, 5.74) is 2.81. The van der Waals surface area contributed by atoms with Crippen LogP contribution in [0.15, 0.2) is 109 Å². The van der Waals surface area contributed by atoms with Gasteiger partial charge in [0.2, 0.25) is 0 Å². The molecule has 126 valence electrons. The Bertz CT molecular complexity index is 547. The summed E-state index contributed by atoms with van der Waals surface area (Å²) in [6, 6.07) is 37.1. The van der Waals surface area contributed by atoms with Gasteiger partial charge in [-0.3, -0.25) is 0 Å². The van der Waals surface area contributed by atoms with Crippen LogP contribution in [0.4, 0.5) is 0 Å². The van der Waals surface area contributed by atoms with Gasteiger partial charge in [-0.25, -0.2) is 48.5 Å². The average Bonchev–Trinajstić information content (AvgIpc) is 3.42. The zero-order valence-electron chi connectivity index (χ0n) is 13.7. The Kier molecular flexibility index (Phi) is 12.9. The van der Waals surface area contributed by atoms with Gasteiger partial charge in [0.05, 0.1) is 0 Å². The zero-order chi connectivity index (χ0) is 15.5. The summed E-state index contributed by atoms with van der Waals surface area (Å²) >= 11 is 0. The van der Waals surface area contributed by atoms with E-state index in [0.717, 1.165) is 0 Å². The molecule has 0 heterocycles. The summed E-state index contributed by atoms with van der Waals surface area (Å²) in [6.45, 7) is 2.24. The van der Waals surface area contributed by atoms with Crippen molar-refractivity contribution in [3.63, 3.8) is 0 Å². The third-order valence-electron chi connectivity index (χ3n) is 3.49. The van der Waals surface area contributed by atoms with Gasteiger partial charge in [0, 0.05) is 0 Å². The maximum atomic E-state index is 2.24. The van der Waals surface area contributed by atoms with Gasteiger partial charge in [-0.15, -0.1) is 0 Å². The van der Waals surface area contributed by atoms with E-state index >= 15 is 0 Å². The normalized spacial score (nSPS) is 8.75. The molecule has 0 radical (unpaired) electrons. The number of rotatable bonds is 2. The second kappa shape index (κ2) is 13.8. The summed E-state index contributed by atoms with van der Waals surface area (Å²) in [5, 5.41) is 0. The van der Waals surface area contributed by atoms with E-state index in [0.29, 0.717) is 5.92 Å². The van der Waals surface area contributed by atoms with Crippen LogP contribution < -0.4 is 0 Å². The van der Waals surface area contributed by atoms with Crippen LogP contribution in [-0.4, -0.2) is 0 Å². The van der Waals surface area contributed by atoms with Gasteiger partial charge < -0.3 is 0 Å². The Morgan fingerprint density at radius 3 is 1.17 bits per heavy atom. The molecule has 0 aromatic heterocycles. The molecule has 2 heteroatoms. The van der Waals surface area contributed by atoms with Crippen molar-refractivity contribution < 1.29 is 34.1 Å². The summed E-state index contributed by atoms with van der Waals surface area (Å²) in [6.07, 6.45) is 0. The second-order valence-corrected chi connectivity index (χ2v) is 5.08. The largest absolute Gasteiger partial charge is 2.00 e. The molecule has 4 aromatic rings. The van der Waals surface area contributed by atoms with Crippen molar-refractivity contribution in [2.45, 2.75) is 12.8 Å². The summed E-state index contributed by atoms with van der Waals surface area (Å²) in [5.74, 6) is 0.537. The molecule has 4 aromatic carbocycles. The molecule has 0 aliphatic carbocycles. The van der Waals surface area contributed by atoms with Crippen LogP contribution in [0.3, 0.4) is 0 Å². The molecule has 0 aliphatic heterocycles. The van der Waals surface area contributed by atoms with E-state index in [1.165, 1.54) is 11.1 Å². The van der Waals surface area contributed by atoms with Crippen LogP contribution in [0, 0.1) is 0 Å². The van der Waals surface area contributed by atoms with Gasteiger partial charge in [0.15, 0.2) is 0 Å². The standard InChI is InChI=1S/C12H12.2C5H5.2Fe/c1-10(11-6-2-3-7-11)12-8-4-5-9-12;2*1-2-4-5-3-1;;/h2-10H,1H3;2*1-5H;;/q-2;2*-1;2*+2. The van der Waals surface area contributed by atoms with Gasteiger partial charge in [0.25, 0.3) is 0 Å². The van der Waals surface area contributed by atoms with Crippen LogP contribution in [-0.2, 0) is 34.1 Å². The molecule has 0 fully saturated rings. The smallest absolute Gasteiger partial charge is 0.214 e. The first-order chi connectivity index (χ1) is 10.9. The van der Waals surface area contributed by atoms with E-state index in [1.807, 2.05) is 60.7 Å². The Morgan fingerprint density at radius 1 is 0.583 bits per heavy atom. The zero-order valence-corrected chi connectivity index (χ0v) is 15.9. The molecule has 24 heavy (non-hydrogen) atoms. The van der Waals surface area contributed by atoms with Crippen LogP contribution in [0.1, 0.15) is 24.0 Å². The molecule has 0 bridgehead atoms. The molecule has 0 atom stereocenters. The van der Waals surface area contributed by atoms with Crippen molar-refractivity contribution in [3.05, 3.63) is 120 Å². The second-order valence-electron chi connectivity index (χ2n) is 5.08. The van der Waals surface area contributed by atoms with Gasteiger partial charge in [-0.1, -0.05) is 6.92 Å². The minimum atomic E-state index is 0. The van der Waals surface area contributed by atoms with Crippen molar-refractivity contribution in [1.82, 2.24) is 0 Å². The van der Waals surface area contributed by atoms with Crippen molar-refractivity contribution in [2.24, 2.45) is 0 Å². The minimum absolute atomic E-state index is 0. The van der Waals surface area contributed by atoms with Crippen LogP contribution >= 0.6 is 0 Å². The van der Waals surface area contributed by atoms with Crippen molar-refractivity contribution in [3.8, 4) is 0 Å². The molecular weight excluding hydrogens is 376 g/mol. The molecule has 4 rings (SSSR count). The third kappa shape index (κ3) is 8.34. The molecule has 0 unspecified atom stereocenters. The van der Waals surface area contributed by atoms with E-state index in [-0.39, 0.29) is 34.1 Å². The maximum Gasteiger partial charge on any atom is 2.00 e. The van der Waals surface area contributed by atoms with Gasteiger partial charge in [-0.05, 0) is 5.92 Å². The van der Waals surface area contributed by atoms with E-state index in [1.54, 1.807) is 0 Å². The maximum absolute atomic E-state index is 2.24. The Morgan fingerprint density at radius 2 is 0.958 bits per heavy atom. The molecule has 0 spiro atoms. The van der Waals surface area contributed by atoms with Crippen LogP contribution in [0.25, 0.3) is 0 Å². The fourth-order valence-corrected chi connectivity index (χ4v) is 2.19. The molecule has 0 aliphatic rings. The van der Waals surface area contributed by atoms with E-state index in [9.17, 15) is 0 Å². The van der Waals surface area contributed by atoms with Crippen molar-refractivity contribution in [1.29, 1.82) is 0 Å². The fourth-order valence-electron chi connectivity index (χ4n) is 2.19. The predicted octanol–water partition coefficient (Wildman–Crippen LogP) is 6.08. The molecule has 0 N–H and O–H groups in total. The van der Waals surface area contributed by atoms with Crippen molar-refractivity contribution >= 4 is 0 Å². The predicted molar refractivity (Wildman–Crippen MR) is 95.7 cm³/mol. The SMILES string of the molecule is CC(c1ccc[cH-]1)c1ccc[cH-]1.[Fe+2].[Fe+2].c1cc[cH-]c1.c1cc[cH-]c1. The molecule has 0 amide bonds. The topological polar surface area (TPSA) is 0 Å². The summed E-state index contributed by atoms with van der Waals surface area (Å²) in [4.78, 5) is 0. The Balaban J connectivity index is 0.000000370. The molecular formula is C22H22Fe2. The first kappa shape index (κ1) is 22.4. The number of hydrogen-bond donors (Lipinski definition) is 0. The van der Waals surface area contributed by atoms with E-state index in [2.05, 4.69) is 55.5 Å². The van der Waals surface area contributed by atoms with Gasteiger partial charge in [-0.2, -0.15) is 71.8 Å². The van der Waals surface area contributed by atoms with Gasteiger partial charge in [0.1, 0.15) is 0 Å². The van der Waals surface area contributed by atoms with E-state index < -0.39 is 0 Å². The molecule has 0 nitrogen and oxygen atoms in total.